The highest BCUT2D eigenvalue weighted by Crippen LogP contribution is 2.30. The number of hydrogen-bond acceptors (Lipinski definition) is 4. The van der Waals surface area contributed by atoms with E-state index in [4.69, 9.17) is 34.8 Å². The number of carbonyl (C=O) groups excluding carboxylic acids is 1. The van der Waals surface area contributed by atoms with E-state index in [0.717, 1.165) is 39.1 Å². The third-order valence-electron chi connectivity index (χ3n) is 3.87. The summed E-state index contributed by atoms with van der Waals surface area (Å²) in [6.45, 7) is 0.0905. The molecule has 0 fully saturated rings. The fraction of sp³-hybridized carbons (Fsp3) is 0.316. The van der Waals surface area contributed by atoms with Crippen LogP contribution >= 0.6 is 46.6 Å². The second-order valence-corrected chi connectivity index (χ2v) is 10.5. The van der Waals surface area contributed by atoms with Crippen molar-refractivity contribution >= 4 is 68.2 Å². The topological polar surface area (TPSA) is 66.5 Å². The van der Waals surface area contributed by atoms with Crippen LogP contribution in [0.2, 0.25) is 15.1 Å². The fourth-order valence-corrected chi connectivity index (χ4v) is 5.13. The maximum absolute atomic E-state index is 12.2. The summed E-state index contributed by atoms with van der Waals surface area (Å²) < 4.78 is 25.2. The Morgan fingerprint density at radius 2 is 1.83 bits per heavy atom. The number of hydrogen-bond donors (Lipinski definition) is 1. The molecule has 0 atom stereocenters. The predicted octanol–water partition coefficient (Wildman–Crippen LogP) is 4.85. The summed E-state index contributed by atoms with van der Waals surface area (Å²) in [6, 6.07) is 12.1. The van der Waals surface area contributed by atoms with Gasteiger partial charge in [-0.3, -0.25) is 9.10 Å². The Hall–Kier alpha value is -1.12. The summed E-state index contributed by atoms with van der Waals surface area (Å²) in [6.07, 6.45) is 1.78. The zero-order valence-corrected chi connectivity index (χ0v) is 19.6. The number of rotatable bonds is 10. The number of halogens is 3. The smallest absolute Gasteiger partial charge is 0.240 e. The summed E-state index contributed by atoms with van der Waals surface area (Å²) in [7, 11) is -3.69. The minimum Gasteiger partial charge on any atom is -0.354 e. The monoisotopic (exact) mass is 494 g/mol. The molecule has 0 aliphatic rings. The highest BCUT2D eigenvalue weighted by Gasteiger charge is 2.23. The molecule has 158 valence electrons. The van der Waals surface area contributed by atoms with Gasteiger partial charge in [-0.2, -0.15) is 11.8 Å². The Balaban J connectivity index is 1.81. The molecule has 0 bridgehead atoms. The number of nitrogens with zero attached hydrogens (tertiary/aromatic N) is 1. The molecule has 0 aromatic heterocycles. The first kappa shape index (κ1) is 24.2. The van der Waals surface area contributed by atoms with Gasteiger partial charge in [0.2, 0.25) is 15.9 Å². The van der Waals surface area contributed by atoms with Gasteiger partial charge in [0.15, 0.2) is 0 Å². The van der Waals surface area contributed by atoms with Crippen LogP contribution in [-0.4, -0.2) is 39.4 Å². The van der Waals surface area contributed by atoms with E-state index in [1.54, 1.807) is 11.8 Å². The van der Waals surface area contributed by atoms with E-state index in [0.29, 0.717) is 11.6 Å². The van der Waals surface area contributed by atoms with Gasteiger partial charge in [0.05, 0.1) is 17.0 Å². The number of nitrogens with one attached hydrogen (secondary N) is 1. The van der Waals surface area contributed by atoms with Gasteiger partial charge in [0, 0.05) is 22.3 Å². The van der Waals surface area contributed by atoms with Crippen LogP contribution in [0.5, 0.6) is 0 Å². The average molecular weight is 496 g/mol. The first-order chi connectivity index (χ1) is 13.7. The van der Waals surface area contributed by atoms with E-state index in [-0.39, 0.29) is 17.3 Å². The van der Waals surface area contributed by atoms with E-state index in [1.165, 1.54) is 18.2 Å². The second-order valence-electron chi connectivity index (χ2n) is 6.21. The number of carbonyl (C=O) groups is 1. The molecule has 2 aromatic carbocycles. The molecule has 1 N–H and O–H groups in total. The lowest BCUT2D eigenvalue weighted by Gasteiger charge is -2.23. The SMILES string of the molecule is CS(=O)(=O)N(CC(=O)NCCCSCc1ccccc1Cl)c1ccc(Cl)cc1Cl. The van der Waals surface area contributed by atoms with Crippen LogP contribution in [0, 0.1) is 0 Å². The van der Waals surface area contributed by atoms with Crippen molar-refractivity contribution in [1.82, 2.24) is 5.32 Å². The lowest BCUT2D eigenvalue weighted by atomic mass is 10.2. The maximum Gasteiger partial charge on any atom is 0.240 e. The van der Waals surface area contributed by atoms with Crippen LogP contribution in [0.15, 0.2) is 42.5 Å². The normalized spacial score (nSPS) is 11.3. The Bertz CT molecular complexity index is 955. The van der Waals surface area contributed by atoms with Gasteiger partial charge in [-0.15, -0.1) is 0 Å². The quantitative estimate of drug-likeness (QED) is 0.478. The van der Waals surface area contributed by atoms with Gasteiger partial charge >= 0.3 is 0 Å². The van der Waals surface area contributed by atoms with E-state index < -0.39 is 15.9 Å². The number of anilines is 1. The number of benzene rings is 2. The zero-order chi connectivity index (χ0) is 21.4. The Kier molecular flexibility index (Phi) is 9.43. The summed E-state index contributed by atoms with van der Waals surface area (Å²) in [5.74, 6) is 1.23. The molecule has 10 heteroatoms. The Morgan fingerprint density at radius 3 is 2.48 bits per heavy atom. The van der Waals surface area contributed by atoms with Gasteiger partial charge in [-0.25, -0.2) is 8.42 Å². The van der Waals surface area contributed by atoms with Crippen LogP contribution in [0.3, 0.4) is 0 Å². The lowest BCUT2D eigenvalue weighted by Crippen LogP contribution is -2.40. The van der Waals surface area contributed by atoms with Gasteiger partial charge in [0.1, 0.15) is 6.54 Å². The molecule has 2 aromatic rings. The van der Waals surface area contributed by atoms with Crippen molar-refractivity contribution in [2.24, 2.45) is 0 Å². The molecule has 0 spiro atoms. The fourth-order valence-electron chi connectivity index (χ4n) is 2.45. The van der Waals surface area contributed by atoms with Crippen molar-refractivity contribution in [2.45, 2.75) is 12.2 Å². The minimum atomic E-state index is -3.69. The molecule has 2 rings (SSSR count). The average Bonchev–Trinajstić information content (AvgIpc) is 2.63. The largest absolute Gasteiger partial charge is 0.354 e. The summed E-state index contributed by atoms with van der Waals surface area (Å²) in [5, 5.41) is 4.03. The third-order valence-corrected chi connectivity index (χ3v) is 6.99. The Morgan fingerprint density at radius 1 is 1.10 bits per heavy atom. The molecule has 5 nitrogen and oxygen atoms in total. The summed E-state index contributed by atoms with van der Waals surface area (Å²) in [4.78, 5) is 12.2. The van der Waals surface area contributed by atoms with Gasteiger partial charge < -0.3 is 5.32 Å². The summed E-state index contributed by atoms with van der Waals surface area (Å²) >= 11 is 19.8. The van der Waals surface area contributed by atoms with E-state index in [1.807, 2.05) is 24.3 Å². The van der Waals surface area contributed by atoms with E-state index in [9.17, 15) is 13.2 Å². The van der Waals surface area contributed by atoms with Crippen LogP contribution in [0.1, 0.15) is 12.0 Å². The molecule has 29 heavy (non-hydrogen) atoms. The van der Waals surface area contributed by atoms with Crippen molar-refractivity contribution in [3.63, 3.8) is 0 Å². The molecule has 1 amide bonds. The van der Waals surface area contributed by atoms with Crippen molar-refractivity contribution in [2.75, 3.05) is 29.4 Å². The summed E-state index contributed by atoms with van der Waals surface area (Å²) in [5.41, 5.74) is 1.29. The van der Waals surface area contributed by atoms with Crippen molar-refractivity contribution in [3.05, 3.63) is 63.1 Å². The van der Waals surface area contributed by atoms with Crippen molar-refractivity contribution in [3.8, 4) is 0 Å². The molecule has 0 radical (unpaired) electrons. The van der Waals surface area contributed by atoms with Gasteiger partial charge in [-0.05, 0) is 42.0 Å². The molecular weight excluding hydrogens is 475 g/mol. The molecule has 0 heterocycles. The van der Waals surface area contributed by atoms with E-state index >= 15 is 0 Å². The highest BCUT2D eigenvalue weighted by atomic mass is 35.5. The highest BCUT2D eigenvalue weighted by molar-refractivity contribution is 7.98. The molecule has 0 aliphatic carbocycles. The molecule has 0 saturated carbocycles. The lowest BCUT2D eigenvalue weighted by molar-refractivity contribution is -0.119. The van der Waals surface area contributed by atoms with Gasteiger partial charge in [0.25, 0.3) is 0 Å². The van der Waals surface area contributed by atoms with Gasteiger partial charge in [-0.1, -0.05) is 53.0 Å². The third kappa shape index (κ3) is 7.90. The number of sulfonamides is 1. The molecule has 0 unspecified atom stereocenters. The number of thioether (sulfide) groups is 1. The van der Waals surface area contributed by atoms with Crippen LogP contribution in [0.25, 0.3) is 0 Å². The number of amides is 1. The predicted molar refractivity (Wildman–Crippen MR) is 124 cm³/mol. The first-order valence-corrected chi connectivity index (χ1v) is 12.8. The molecule has 0 aliphatic heterocycles. The standard InChI is InChI=1S/C19H21Cl3N2O3S2/c1-29(26,27)24(18-8-7-15(20)11-17(18)22)12-19(25)23-9-4-10-28-13-14-5-2-3-6-16(14)21/h2-3,5-8,11H,4,9-10,12-13H2,1H3,(H,23,25). The second kappa shape index (κ2) is 11.3. The van der Waals surface area contributed by atoms with E-state index in [2.05, 4.69) is 5.32 Å². The van der Waals surface area contributed by atoms with Crippen LogP contribution < -0.4 is 9.62 Å². The van der Waals surface area contributed by atoms with Crippen LogP contribution in [-0.2, 0) is 20.6 Å². The maximum atomic E-state index is 12.2. The van der Waals surface area contributed by atoms with Crippen molar-refractivity contribution < 1.29 is 13.2 Å². The molecular formula is C19H21Cl3N2O3S2. The minimum absolute atomic E-state index is 0.159. The van der Waals surface area contributed by atoms with Crippen LogP contribution in [0.4, 0.5) is 5.69 Å². The molecule has 0 saturated heterocycles. The zero-order valence-electron chi connectivity index (χ0n) is 15.7. The Labute approximate surface area is 190 Å². The van der Waals surface area contributed by atoms with Crippen molar-refractivity contribution in [1.29, 1.82) is 0 Å². The first-order valence-electron chi connectivity index (χ1n) is 8.69.